The smallest absolute Gasteiger partial charge is 0.123 e. The van der Waals surface area contributed by atoms with Gasteiger partial charge in [0.05, 0.1) is 12.1 Å². The number of hydrogen-bond acceptors (Lipinski definition) is 4. The number of aliphatic hydroxyl groups is 1. The first-order valence-corrected chi connectivity index (χ1v) is 4.19. The summed E-state index contributed by atoms with van der Waals surface area (Å²) in [4.78, 5) is 4.06. The molecule has 0 fully saturated rings. The van der Waals surface area contributed by atoms with Crippen LogP contribution in [0.3, 0.4) is 0 Å². The fourth-order valence-electron chi connectivity index (χ4n) is 1.20. The van der Waals surface area contributed by atoms with Gasteiger partial charge >= 0.3 is 0 Å². The van der Waals surface area contributed by atoms with Gasteiger partial charge in [0.15, 0.2) is 0 Å². The van der Waals surface area contributed by atoms with Crippen molar-refractivity contribution >= 4 is 5.82 Å². The number of aromatic nitrogens is 1. The second-order valence-electron chi connectivity index (χ2n) is 3.18. The van der Waals surface area contributed by atoms with Crippen molar-refractivity contribution in [1.29, 1.82) is 0 Å². The summed E-state index contributed by atoms with van der Waals surface area (Å²) in [6.07, 6.45) is -0.580. The standard InChI is InChI=1S/C9H15N3O/c1-5-7(9(11)6(2)13)3-4-8(10)12-5/h3-4,6,9,13H,11H2,1-2H3,(H2,10,12)/t6-,9+/m0/s1. The van der Waals surface area contributed by atoms with Crippen molar-refractivity contribution in [3.63, 3.8) is 0 Å². The maximum atomic E-state index is 9.28. The molecule has 1 rings (SSSR count). The van der Waals surface area contributed by atoms with Crippen LogP contribution >= 0.6 is 0 Å². The third-order valence-electron chi connectivity index (χ3n) is 2.03. The lowest BCUT2D eigenvalue weighted by Crippen LogP contribution is -2.24. The minimum atomic E-state index is -0.580. The molecule has 0 saturated heterocycles. The molecule has 0 amide bonds. The predicted octanol–water partition coefficient (Wildman–Crippen LogP) is 0.353. The zero-order valence-corrected chi connectivity index (χ0v) is 7.86. The number of nitrogens with two attached hydrogens (primary N) is 2. The summed E-state index contributed by atoms with van der Waals surface area (Å²) in [5, 5.41) is 9.28. The molecule has 4 heteroatoms. The van der Waals surface area contributed by atoms with Gasteiger partial charge in [0, 0.05) is 5.69 Å². The average Bonchev–Trinajstić information content (AvgIpc) is 2.03. The van der Waals surface area contributed by atoms with Crippen LogP contribution in [0.1, 0.15) is 24.2 Å². The van der Waals surface area contributed by atoms with Crippen molar-refractivity contribution in [2.75, 3.05) is 5.73 Å². The molecule has 0 aromatic carbocycles. The Morgan fingerprint density at radius 2 is 2.08 bits per heavy atom. The van der Waals surface area contributed by atoms with E-state index in [4.69, 9.17) is 11.5 Å². The van der Waals surface area contributed by atoms with Crippen molar-refractivity contribution < 1.29 is 5.11 Å². The molecule has 0 aliphatic carbocycles. The summed E-state index contributed by atoms with van der Waals surface area (Å²) in [6, 6.07) is 3.09. The fourth-order valence-corrected chi connectivity index (χ4v) is 1.20. The van der Waals surface area contributed by atoms with Gasteiger partial charge in [0.1, 0.15) is 5.82 Å². The van der Waals surface area contributed by atoms with Gasteiger partial charge in [0.25, 0.3) is 0 Å². The molecule has 1 aromatic rings. The Morgan fingerprint density at radius 1 is 1.46 bits per heavy atom. The van der Waals surface area contributed by atoms with Gasteiger partial charge in [-0.05, 0) is 25.5 Å². The van der Waals surface area contributed by atoms with E-state index in [1.807, 2.05) is 6.92 Å². The van der Waals surface area contributed by atoms with E-state index >= 15 is 0 Å². The molecule has 1 aromatic heterocycles. The third-order valence-corrected chi connectivity index (χ3v) is 2.03. The van der Waals surface area contributed by atoms with Gasteiger partial charge in [-0.25, -0.2) is 4.98 Å². The number of pyridine rings is 1. The van der Waals surface area contributed by atoms with Crippen molar-refractivity contribution in [3.8, 4) is 0 Å². The van der Waals surface area contributed by atoms with Gasteiger partial charge in [-0.2, -0.15) is 0 Å². The normalized spacial score (nSPS) is 15.4. The number of nitrogen functional groups attached to an aromatic ring is 1. The molecule has 0 saturated carbocycles. The Balaban J connectivity index is 3.01. The summed E-state index contributed by atoms with van der Waals surface area (Å²) >= 11 is 0. The molecule has 72 valence electrons. The number of nitrogens with zero attached hydrogens (tertiary/aromatic N) is 1. The summed E-state index contributed by atoms with van der Waals surface area (Å²) in [6.45, 7) is 3.48. The van der Waals surface area contributed by atoms with Crippen molar-refractivity contribution in [3.05, 3.63) is 23.4 Å². The van der Waals surface area contributed by atoms with Gasteiger partial charge in [-0.15, -0.1) is 0 Å². The Morgan fingerprint density at radius 3 is 2.54 bits per heavy atom. The lowest BCUT2D eigenvalue weighted by atomic mass is 10.0. The monoisotopic (exact) mass is 181 g/mol. The number of anilines is 1. The van der Waals surface area contributed by atoms with E-state index in [1.54, 1.807) is 19.1 Å². The summed E-state index contributed by atoms with van der Waals surface area (Å²) in [7, 11) is 0. The van der Waals surface area contributed by atoms with E-state index in [0.29, 0.717) is 5.82 Å². The minimum Gasteiger partial charge on any atom is -0.391 e. The summed E-state index contributed by atoms with van der Waals surface area (Å²) < 4.78 is 0. The van der Waals surface area contributed by atoms with Crippen molar-refractivity contribution in [2.24, 2.45) is 5.73 Å². The number of hydrogen-bond donors (Lipinski definition) is 3. The molecular weight excluding hydrogens is 166 g/mol. The topological polar surface area (TPSA) is 85.2 Å². The maximum Gasteiger partial charge on any atom is 0.123 e. The Labute approximate surface area is 77.6 Å². The van der Waals surface area contributed by atoms with Crippen LogP contribution in [0.5, 0.6) is 0 Å². The number of aryl methyl sites for hydroxylation is 1. The molecule has 0 spiro atoms. The predicted molar refractivity (Wildman–Crippen MR) is 52.0 cm³/mol. The van der Waals surface area contributed by atoms with Crippen LogP contribution in [0, 0.1) is 6.92 Å². The van der Waals surface area contributed by atoms with Crippen molar-refractivity contribution in [1.82, 2.24) is 4.98 Å². The van der Waals surface area contributed by atoms with Gasteiger partial charge in [0.2, 0.25) is 0 Å². The molecule has 0 aliphatic rings. The van der Waals surface area contributed by atoms with E-state index < -0.39 is 12.1 Å². The lowest BCUT2D eigenvalue weighted by molar-refractivity contribution is 0.164. The first kappa shape index (κ1) is 9.95. The second kappa shape index (κ2) is 3.72. The quantitative estimate of drug-likeness (QED) is 0.614. The molecule has 4 nitrogen and oxygen atoms in total. The highest BCUT2D eigenvalue weighted by Crippen LogP contribution is 2.17. The average molecular weight is 181 g/mol. The van der Waals surface area contributed by atoms with Crippen LogP contribution < -0.4 is 11.5 Å². The van der Waals surface area contributed by atoms with Crippen LogP contribution in [0.4, 0.5) is 5.82 Å². The largest absolute Gasteiger partial charge is 0.391 e. The third kappa shape index (κ3) is 2.17. The zero-order chi connectivity index (χ0) is 10.0. The number of rotatable bonds is 2. The van der Waals surface area contributed by atoms with Crippen LogP contribution in [-0.4, -0.2) is 16.2 Å². The molecular formula is C9H15N3O. The Bertz CT molecular complexity index is 299. The van der Waals surface area contributed by atoms with Gasteiger partial charge < -0.3 is 16.6 Å². The minimum absolute atomic E-state index is 0.395. The highest BCUT2D eigenvalue weighted by Gasteiger charge is 2.14. The molecule has 2 atom stereocenters. The Kier molecular flexibility index (Phi) is 2.85. The molecule has 5 N–H and O–H groups in total. The highest BCUT2D eigenvalue weighted by atomic mass is 16.3. The van der Waals surface area contributed by atoms with Crippen LogP contribution in [0.2, 0.25) is 0 Å². The van der Waals surface area contributed by atoms with E-state index in [2.05, 4.69) is 4.98 Å². The molecule has 0 radical (unpaired) electrons. The zero-order valence-electron chi connectivity index (χ0n) is 7.86. The van der Waals surface area contributed by atoms with Gasteiger partial charge in [-0.1, -0.05) is 6.07 Å². The van der Waals surface area contributed by atoms with E-state index in [-0.39, 0.29) is 0 Å². The Hall–Kier alpha value is -1.13. The van der Waals surface area contributed by atoms with Crippen molar-refractivity contribution in [2.45, 2.75) is 26.0 Å². The van der Waals surface area contributed by atoms with Gasteiger partial charge in [-0.3, -0.25) is 0 Å². The maximum absolute atomic E-state index is 9.28. The van der Waals surface area contributed by atoms with Crippen LogP contribution in [0.25, 0.3) is 0 Å². The van der Waals surface area contributed by atoms with Crippen LogP contribution in [0.15, 0.2) is 12.1 Å². The van der Waals surface area contributed by atoms with E-state index in [0.717, 1.165) is 11.3 Å². The molecule has 0 unspecified atom stereocenters. The summed E-state index contributed by atoms with van der Waals surface area (Å²) in [5.74, 6) is 0.471. The molecule has 1 heterocycles. The van der Waals surface area contributed by atoms with E-state index in [9.17, 15) is 5.11 Å². The molecule has 0 aliphatic heterocycles. The molecule has 0 bridgehead atoms. The first-order valence-electron chi connectivity index (χ1n) is 4.19. The molecule has 13 heavy (non-hydrogen) atoms. The fraction of sp³-hybridized carbons (Fsp3) is 0.444. The van der Waals surface area contributed by atoms with E-state index in [1.165, 1.54) is 0 Å². The first-order chi connectivity index (χ1) is 6.02. The van der Waals surface area contributed by atoms with Crippen LogP contribution in [-0.2, 0) is 0 Å². The second-order valence-corrected chi connectivity index (χ2v) is 3.18. The highest BCUT2D eigenvalue weighted by molar-refractivity contribution is 5.35. The lowest BCUT2D eigenvalue weighted by Gasteiger charge is -2.16. The SMILES string of the molecule is Cc1nc(N)ccc1[C@H](N)[C@H](C)O. The number of aliphatic hydroxyl groups excluding tert-OH is 1. The summed E-state index contributed by atoms with van der Waals surface area (Å²) in [5.41, 5.74) is 12.9.